The van der Waals surface area contributed by atoms with Gasteiger partial charge in [0.25, 0.3) is 0 Å². The van der Waals surface area contributed by atoms with Crippen molar-refractivity contribution in [2.75, 3.05) is 45.0 Å². The Morgan fingerprint density at radius 1 is 0.982 bits per heavy atom. The molecule has 0 amide bonds. The fourth-order valence-electron chi connectivity index (χ4n) is 10.6. The van der Waals surface area contributed by atoms with Gasteiger partial charge in [0, 0.05) is 37.6 Å². The van der Waals surface area contributed by atoms with Crippen LogP contribution in [0.5, 0.6) is 17.6 Å². The number of hydrogen-bond acceptors (Lipinski definition) is 9. The van der Waals surface area contributed by atoms with Gasteiger partial charge in [-0.15, -0.1) is 5.54 Å². The van der Waals surface area contributed by atoms with E-state index in [9.17, 15) is 4.39 Å². The zero-order chi connectivity index (χ0) is 40.4. The van der Waals surface area contributed by atoms with E-state index in [4.69, 9.17) is 33.9 Å². The van der Waals surface area contributed by atoms with Crippen molar-refractivity contribution < 1.29 is 32.1 Å². The largest absolute Gasteiger partial charge is 0.472 e. The summed E-state index contributed by atoms with van der Waals surface area (Å²) in [6.07, 6.45) is 2.70. The molecule has 4 aromatic rings. The molecule has 0 bridgehead atoms. The van der Waals surface area contributed by atoms with Crippen molar-refractivity contribution in [3.63, 3.8) is 0 Å². The number of aromatic nitrogens is 3. The van der Waals surface area contributed by atoms with Gasteiger partial charge in [-0.3, -0.25) is 4.90 Å². The Hall–Kier alpha value is -4.12. The van der Waals surface area contributed by atoms with E-state index in [1.54, 1.807) is 18.2 Å². The van der Waals surface area contributed by atoms with E-state index < -0.39 is 31.4 Å². The van der Waals surface area contributed by atoms with Gasteiger partial charge in [0.2, 0.25) is 5.88 Å². The van der Waals surface area contributed by atoms with Crippen LogP contribution in [-0.4, -0.2) is 91.9 Å². The maximum atomic E-state index is 17.7. The highest BCUT2D eigenvalue weighted by Crippen LogP contribution is 2.47. The molecule has 304 valence electrons. The molecule has 0 spiro atoms. The van der Waals surface area contributed by atoms with Crippen molar-refractivity contribution in [3.8, 4) is 40.4 Å². The molecule has 2 aromatic heterocycles. The third-order valence-electron chi connectivity index (χ3n) is 13.3. The highest BCUT2D eigenvalue weighted by molar-refractivity contribution is 6.90. The first-order valence-electron chi connectivity index (χ1n) is 20.6. The van der Waals surface area contributed by atoms with Crippen molar-refractivity contribution in [2.24, 2.45) is 0 Å². The average Bonchev–Trinajstić information content (AvgIpc) is 3.87. The highest BCUT2D eigenvalue weighted by atomic mass is 28.3. The number of pyridine rings is 1. The molecule has 13 heteroatoms. The van der Waals surface area contributed by atoms with Crippen LogP contribution >= 0.6 is 0 Å². The third kappa shape index (κ3) is 6.69. The van der Waals surface area contributed by atoms with Crippen LogP contribution in [0.4, 0.5) is 19.0 Å². The predicted molar refractivity (Wildman–Crippen MR) is 220 cm³/mol. The Morgan fingerprint density at radius 2 is 1.75 bits per heavy atom. The van der Waals surface area contributed by atoms with Crippen molar-refractivity contribution >= 4 is 35.6 Å². The predicted octanol–water partition coefficient (Wildman–Crippen LogP) is 9.38. The number of rotatable bonds is 10. The summed E-state index contributed by atoms with van der Waals surface area (Å²) in [5, 5.41) is 1.38. The lowest BCUT2D eigenvalue weighted by Crippen LogP contribution is -2.43. The Bertz CT molecular complexity index is 2240. The molecule has 0 N–H and O–H groups in total. The lowest BCUT2D eigenvalue weighted by atomic mass is 9.95. The number of methoxy groups -OCH3 is 1. The first-order chi connectivity index (χ1) is 27.3. The van der Waals surface area contributed by atoms with E-state index >= 15 is 8.78 Å². The minimum atomic E-state index is -2.31. The van der Waals surface area contributed by atoms with Gasteiger partial charge in [0.1, 0.15) is 60.9 Å². The van der Waals surface area contributed by atoms with Crippen LogP contribution in [0.2, 0.25) is 16.6 Å². The van der Waals surface area contributed by atoms with E-state index in [1.807, 2.05) is 6.92 Å². The lowest BCUT2D eigenvalue weighted by Gasteiger charge is -2.38. The molecule has 2 aromatic carbocycles. The number of anilines is 1. The van der Waals surface area contributed by atoms with Crippen LogP contribution in [0.1, 0.15) is 86.1 Å². The zero-order valence-corrected chi connectivity index (χ0v) is 35.3. The molecule has 6 heterocycles. The van der Waals surface area contributed by atoms with Gasteiger partial charge in [-0.25, -0.2) is 18.2 Å². The number of ether oxygens (including phenoxy) is 4. The second-order valence-electron chi connectivity index (χ2n) is 17.4. The normalized spacial score (nSPS) is 23.3. The summed E-state index contributed by atoms with van der Waals surface area (Å²) in [4.78, 5) is 18.9. The molecule has 0 unspecified atom stereocenters. The van der Waals surface area contributed by atoms with Crippen LogP contribution in [-0.2, 0) is 4.74 Å². The molecule has 57 heavy (non-hydrogen) atoms. The molecule has 0 radical (unpaired) electrons. The molecule has 4 aliphatic rings. The molecule has 3 saturated heterocycles. The van der Waals surface area contributed by atoms with E-state index in [0.717, 1.165) is 32.2 Å². The van der Waals surface area contributed by atoms with Crippen LogP contribution in [0.15, 0.2) is 24.3 Å². The van der Waals surface area contributed by atoms with E-state index in [2.05, 4.69) is 62.8 Å². The van der Waals surface area contributed by atoms with Gasteiger partial charge >= 0.3 is 6.01 Å². The molecular formula is C44H54F3N5O4Si. The van der Waals surface area contributed by atoms with Crippen LogP contribution in [0, 0.1) is 23.1 Å². The molecule has 9 nitrogen and oxygen atoms in total. The summed E-state index contributed by atoms with van der Waals surface area (Å²) in [5.74, 6) is 3.18. The number of hydrogen-bond donors (Lipinski definition) is 0. The van der Waals surface area contributed by atoms with Gasteiger partial charge in [0.05, 0.1) is 17.1 Å². The summed E-state index contributed by atoms with van der Waals surface area (Å²) in [7, 11) is -0.787. The summed E-state index contributed by atoms with van der Waals surface area (Å²) in [6, 6.07) is 6.48. The van der Waals surface area contributed by atoms with E-state index in [1.165, 1.54) is 13.2 Å². The maximum absolute atomic E-state index is 17.7. The van der Waals surface area contributed by atoms with Crippen molar-refractivity contribution in [2.45, 2.75) is 121 Å². The Labute approximate surface area is 334 Å². The van der Waals surface area contributed by atoms with Crippen molar-refractivity contribution in [3.05, 3.63) is 41.5 Å². The first kappa shape index (κ1) is 39.7. The molecule has 3 fully saturated rings. The fraction of sp³-hybridized carbons (Fsp3) is 0.568. The van der Waals surface area contributed by atoms with Gasteiger partial charge in [0.15, 0.2) is 12.6 Å². The van der Waals surface area contributed by atoms with Gasteiger partial charge in [-0.1, -0.05) is 53.5 Å². The SMILES string of the molecule is COCOc1cc(-c2nc3c4c(nc(OC[C@@]56CCCN5C[C@H](F)C6)nc4c2F)N2CCC[C@H]2[C@@H](C)O3)c2c(C#C[Si](C(C)C)(C(C)C)C(C)C)c(F)ccc2c1. The van der Waals surface area contributed by atoms with Crippen LogP contribution in [0.25, 0.3) is 32.9 Å². The minimum absolute atomic E-state index is 0.0141. The number of alkyl halides is 1. The molecule has 4 atom stereocenters. The quantitative estimate of drug-likeness (QED) is 0.0886. The number of fused-ring (bicyclic) bond motifs is 4. The topological polar surface area (TPSA) is 82.1 Å². The summed E-state index contributed by atoms with van der Waals surface area (Å²) >= 11 is 0. The number of benzene rings is 2. The second kappa shape index (κ2) is 15.2. The van der Waals surface area contributed by atoms with Crippen molar-refractivity contribution in [1.82, 2.24) is 19.9 Å². The molecule has 0 aliphatic carbocycles. The molecule has 4 aliphatic heterocycles. The molecule has 0 saturated carbocycles. The zero-order valence-electron chi connectivity index (χ0n) is 34.3. The number of halogens is 3. The van der Waals surface area contributed by atoms with Crippen LogP contribution in [0.3, 0.4) is 0 Å². The van der Waals surface area contributed by atoms with E-state index in [-0.39, 0.29) is 59.8 Å². The fourth-order valence-corrected chi connectivity index (χ4v) is 15.8. The first-order valence-corrected chi connectivity index (χ1v) is 22.8. The highest BCUT2D eigenvalue weighted by Gasteiger charge is 2.50. The van der Waals surface area contributed by atoms with Crippen molar-refractivity contribution in [1.29, 1.82) is 0 Å². The maximum Gasteiger partial charge on any atom is 0.319 e. The average molecular weight is 802 g/mol. The van der Waals surface area contributed by atoms with Gasteiger partial charge in [-0.2, -0.15) is 9.97 Å². The molecule has 8 rings (SSSR count). The second-order valence-corrected chi connectivity index (χ2v) is 23.0. The van der Waals surface area contributed by atoms with Gasteiger partial charge < -0.3 is 23.8 Å². The lowest BCUT2D eigenvalue weighted by molar-refractivity contribution is 0.0512. The monoisotopic (exact) mass is 801 g/mol. The Balaban J connectivity index is 1.36. The smallest absolute Gasteiger partial charge is 0.319 e. The van der Waals surface area contributed by atoms with Gasteiger partial charge in [-0.05, 0) is 79.4 Å². The summed E-state index contributed by atoms with van der Waals surface area (Å²) in [5.41, 5.74) is 4.54. The van der Waals surface area contributed by atoms with E-state index in [0.29, 0.717) is 63.9 Å². The van der Waals surface area contributed by atoms with Crippen LogP contribution < -0.4 is 19.1 Å². The Kier molecular flexibility index (Phi) is 10.6. The number of nitrogens with zero attached hydrogens (tertiary/aromatic N) is 5. The summed E-state index contributed by atoms with van der Waals surface area (Å²) < 4.78 is 72.9. The molecular weight excluding hydrogens is 748 g/mol. The summed E-state index contributed by atoms with van der Waals surface area (Å²) in [6.45, 7) is 17.3. The standard InChI is InChI=1S/C44H54F3N5O4Si/c1-25(2)57(26(3)4,27(5)6)18-14-32-34(46)13-12-29-19-31(55-24-53-8)20-33(36(29)32)39-38(47)40-37-41(52-17-9-11-35(52)28(7)56-42(37)48-39)50-43(49-40)54-23-44-15-10-16-51(44)22-30(45)21-44/h12-13,19-20,25-28,30,35H,9-11,15-17,21-24H2,1-8H3/t28-,30-,35+,44+/m1/s1. The minimum Gasteiger partial charge on any atom is -0.472 e. The Morgan fingerprint density at radius 3 is 2.49 bits per heavy atom. The third-order valence-corrected chi connectivity index (χ3v) is 19.6.